The quantitative estimate of drug-likeness (QED) is 0.598. The number of carbonyl (C=O) groups is 3. The molecular formula is C23H24FN2O4+. The van der Waals surface area contributed by atoms with E-state index in [9.17, 15) is 18.8 Å². The van der Waals surface area contributed by atoms with Gasteiger partial charge in [-0.05, 0) is 26.0 Å². The second-order valence-electron chi connectivity index (χ2n) is 7.62. The number of hydrogen-bond donors (Lipinski definition) is 1. The van der Waals surface area contributed by atoms with E-state index in [0.717, 1.165) is 0 Å². The first-order valence-electron chi connectivity index (χ1n) is 10.1. The average Bonchev–Trinajstić information content (AvgIpc) is 3.24. The largest absolute Gasteiger partial charge is 0.461 e. The lowest BCUT2D eigenvalue weighted by Crippen LogP contribution is -2.96. The zero-order chi connectivity index (χ0) is 21.5. The summed E-state index contributed by atoms with van der Waals surface area (Å²) < 4.78 is 19.0. The zero-order valence-corrected chi connectivity index (χ0v) is 16.9. The fourth-order valence-corrected chi connectivity index (χ4v) is 4.94. The highest BCUT2D eigenvalue weighted by atomic mass is 19.1. The fraction of sp³-hybridized carbons (Fsp3) is 0.348. The lowest BCUT2D eigenvalue weighted by molar-refractivity contribution is -0.742. The third-order valence-corrected chi connectivity index (χ3v) is 6.20. The van der Waals surface area contributed by atoms with Gasteiger partial charge in [-0.2, -0.15) is 0 Å². The molecule has 0 aliphatic carbocycles. The van der Waals surface area contributed by atoms with Crippen molar-refractivity contribution in [1.29, 1.82) is 0 Å². The zero-order valence-electron chi connectivity index (χ0n) is 16.9. The van der Waals surface area contributed by atoms with Crippen molar-refractivity contribution in [3.05, 3.63) is 71.5 Å². The molecule has 0 aromatic heterocycles. The van der Waals surface area contributed by atoms with E-state index in [4.69, 9.17) is 4.74 Å². The highest BCUT2D eigenvalue weighted by Crippen LogP contribution is 2.48. The van der Waals surface area contributed by atoms with E-state index in [1.54, 1.807) is 55.6 Å². The molecule has 2 aliphatic heterocycles. The van der Waals surface area contributed by atoms with Gasteiger partial charge in [-0.15, -0.1) is 0 Å². The molecular weight excluding hydrogens is 387 g/mol. The van der Waals surface area contributed by atoms with E-state index >= 15 is 0 Å². The number of ether oxygens (including phenoxy) is 1. The van der Waals surface area contributed by atoms with Crippen LogP contribution >= 0.6 is 0 Å². The number of nitrogens with zero attached hydrogens (tertiary/aromatic N) is 1. The van der Waals surface area contributed by atoms with Gasteiger partial charge in [0.2, 0.25) is 17.4 Å². The number of imide groups is 1. The standard InChI is InChI=1S/C23H23FN2O4/c1-3-26-20(27)17-18(21(26)28)23(22(29)30-4-2,15-8-6-5-7-9-15)25-19(17)14-10-12-16(24)13-11-14/h5-13,17-19,25H,3-4H2,1-2H3/p+1/t17-,18-,19+,23+/m0/s1. The van der Waals surface area contributed by atoms with Crippen molar-refractivity contribution < 1.29 is 28.8 Å². The summed E-state index contributed by atoms with van der Waals surface area (Å²) in [6, 6.07) is 14.3. The SMILES string of the molecule is CCOC(=O)[C@]1(c2ccccc2)[NH2+][C@H](c2ccc(F)cc2)[C@H]2C(=O)N(CC)C(=O)[C@H]21. The molecule has 30 heavy (non-hydrogen) atoms. The second kappa shape index (κ2) is 7.65. The van der Waals surface area contributed by atoms with Crippen molar-refractivity contribution in [2.24, 2.45) is 11.8 Å². The molecule has 6 nitrogen and oxygen atoms in total. The smallest absolute Gasteiger partial charge is 0.373 e. The van der Waals surface area contributed by atoms with Gasteiger partial charge in [-0.1, -0.05) is 42.5 Å². The highest BCUT2D eigenvalue weighted by molar-refractivity contribution is 6.08. The molecule has 7 heteroatoms. The maximum atomic E-state index is 13.5. The monoisotopic (exact) mass is 411 g/mol. The van der Waals surface area contributed by atoms with Gasteiger partial charge < -0.3 is 10.1 Å². The number of halogens is 1. The molecule has 0 radical (unpaired) electrons. The molecule has 2 heterocycles. The van der Waals surface area contributed by atoms with E-state index < -0.39 is 35.2 Å². The molecule has 2 saturated heterocycles. The summed E-state index contributed by atoms with van der Waals surface area (Å²) in [5.41, 5.74) is -0.0905. The first-order valence-corrected chi connectivity index (χ1v) is 10.1. The van der Waals surface area contributed by atoms with Gasteiger partial charge in [0, 0.05) is 17.7 Å². The third kappa shape index (κ3) is 2.84. The third-order valence-electron chi connectivity index (χ3n) is 6.20. The summed E-state index contributed by atoms with van der Waals surface area (Å²) in [5.74, 6) is -3.26. The average molecular weight is 411 g/mol. The second-order valence-corrected chi connectivity index (χ2v) is 7.62. The van der Waals surface area contributed by atoms with Crippen molar-refractivity contribution in [1.82, 2.24) is 4.90 Å². The van der Waals surface area contributed by atoms with Crippen LogP contribution in [0, 0.1) is 17.7 Å². The first-order chi connectivity index (χ1) is 14.5. The fourth-order valence-electron chi connectivity index (χ4n) is 4.94. The van der Waals surface area contributed by atoms with Gasteiger partial charge in [0.05, 0.1) is 6.61 Å². The molecule has 156 valence electrons. The number of esters is 1. The van der Waals surface area contributed by atoms with Crippen LogP contribution in [-0.4, -0.2) is 35.8 Å². The Balaban J connectivity index is 1.93. The summed E-state index contributed by atoms with van der Waals surface area (Å²) in [6.45, 7) is 3.83. The molecule has 0 bridgehead atoms. The number of amides is 2. The lowest BCUT2D eigenvalue weighted by atomic mass is 9.75. The minimum absolute atomic E-state index is 0.152. The number of nitrogens with two attached hydrogens (primary N) is 1. The molecule has 2 amide bonds. The maximum Gasteiger partial charge on any atom is 0.373 e. The van der Waals surface area contributed by atoms with Crippen molar-refractivity contribution >= 4 is 17.8 Å². The summed E-state index contributed by atoms with van der Waals surface area (Å²) in [6.07, 6.45) is 0. The van der Waals surface area contributed by atoms with Gasteiger partial charge in [-0.25, -0.2) is 9.18 Å². The Labute approximate surface area is 174 Å². The van der Waals surface area contributed by atoms with Gasteiger partial charge >= 0.3 is 5.97 Å². The highest BCUT2D eigenvalue weighted by Gasteiger charge is 2.73. The van der Waals surface area contributed by atoms with Crippen LogP contribution in [-0.2, 0) is 24.7 Å². The van der Waals surface area contributed by atoms with Crippen LogP contribution in [0.15, 0.2) is 54.6 Å². The Morgan fingerprint density at radius 3 is 2.33 bits per heavy atom. The van der Waals surface area contributed by atoms with E-state index in [1.807, 2.05) is 6.07 Å². The van der Waals surface area contributed by atoms with Crippen molar-refractivity contribution in [2.75, 3.05) is 13.2 Å². The molecule has 2 N–H and O–H groups in total. The van der Waals surface area contributed by atoms with Gasteiger partial charge in [-0.3, -0.25) is 14.5 Å². The number of fused-ring (bicyclic) bond motifs is 1. The summed E-state index contributed by atoms with van der Waals surface area (Å²) in [4.78, 5) is 41.2. The molecule has 0 spiro atoms. The minimum atomic E-state index is -1.39. The topological polar surface area (TPSA) is 80.3 Å². The lowest BCUT2D eigenvalue weighted by Gasteiger charge is -2.30. The van der Waals surface area contributed by atoms with Crippen LogP contribution < -0.4 is 5.32 Å². The Morgan fingerprint density at radius 1 is 1.07 bits per heavy atom. The van der Waals surface area contributed by atoms with Gasteiger partial charge in [0.25, 0.3) is 0 Å². The molecule has 4 rings (SSSR count). The van der Waals surface area contributed by atoms with Gasteiger partial charge in [0.15, 0.2) is 0 Å². The van der Waals surface area contributed by atoms with E-state index in [0.29, 0.717) is 11.1 Å². The molecule has 4 atom stereocenters. The van der Waals surface area contributed by atoms with Crippen LogP contribution in [0.5, 0.6) is 0 Å². The summed E-state index contributed by atoms with van der Waals surface area (Å²) in [5, 5.41) is 1.77. The molecule has 2 aromatic carbocycles. The minimum Gasteiger partial charge on any atom is -0.461 e. The van der Waals surface area contributed by atoms with Crippen LogP contribution in [0.25, 0.3) is 0 Å². The van der Waals surface area contributed by atoms with Crippen LogP contribution in [0.2, 0.25) is 0 Å². The first kappa shape index (κ1) is 20.2. The number of quaternary nitrogens is 1. The Kier molecular flexibility index (Phi) is 5.15. The van der Waals surface area contributed by atoms with Crippen molar-refractivity contribution in [3.8, 4) is 0 Å². The van der Waals surface area contributed by atoms with Crippen LogP contribution in [0.1, 0.15) is 31.0 Å². The predicted molar refractivity (Wildman–Crippen MR) is 105 cm³/mol. The van der Waals surface area contributed by atoms with Gasteiger partial charge in [0.1, 0.15) is 23.7 Å². The molecule has 0 saturated carbocycles. The number of benzene rings is 2. The predicted octanol–water partition coefficient (Wildman–Crippen LogP) is 1.52. The molecule has 2 aliphatic rings. The Morgan fingerprint density at radius 2 is 1.73 bits per heavy atom. The van der Waals surface area contributed by atoms with E-state index in [-0.39, 0.29) is 25.0 Å². The van der Waals surface area contributed by atoms with E-state index in [2.05, 4.69) is 0 Å². The van der Waals surface area contributed by atoms with E-state index in [1.165, 1.54) is 17.0 Å². The molecule has 2 aromatic rings. The Bertz CT molecular complexity index is 978. The van der Waals surface area contributed by atoms with Crippen LogP contribution in [0.3, 0.4) is 0 Å². The normalized spacial score (nSPS) is 28.0. The number of likely N-dealkylation sites (tertiary alicyclic amines) is 1. The number of hydrogen-bond acceptors (Lipinski definition) is 4. The Hall–Kier alpha value is -3.06. The van der Waals surface area contributed by atoms with Crippen molar-refractivity contribution in [3.63, 3.8) is 0 Å². The number of carbonyl (C=O) groups excluding carboxylic acids is 3. The summed E-state index contributed by atoms with van der Waals surface area (Å²) in [7, 11) is 0. The molecule has 2 fully saturated rings. The van der Waals surface area contributed by atoms with Crippen molar-refractivity contribution in [2.45, 2.75) is 25.4 Å². The summed E-state index contributed by atoms with van der Waals surface area (Å²) >= 11 is 0. The number of rotatable bonds is 5. The van der Waals surface area contributed by atoms with Crippen LogP contribution in [0.4, 0.5) is 4.39 Å². The molecule has 0 unspecified atom stereocenters. The maximum absolute atomic E-state index is 13.5.